The molecule has 0 fully saturated rings. The Kier molecular flexibility index (Phi) is 8.76. The van der Waals surface area contributed by atoms with E-state index in [0.29, 0.717) is 16.3 Å². The number of halogens is 3. The van der Waals surface area contributed by atoms with Crippen LogP contribution in [0, 0.1) is 5.82 Å². The number of aromatic nitrogens is 1. The minimum atomic E-state index is -0.944. The summed E-state index contributed by atoms with van der Waals surface area (Å²) in [5, 5.41) is 22.5. The Hall–Kier alpha value is -2.56. The molecule has 2 aromatic rings. The van der Waals surface area contributed by atoms with Crippen LogP contribution in [0.1, 0.15) is 17.3 Å². The van der Waals surface area contributed by atoms with Gasteiger partial charge < -0.3 is 20.3 Å². The molecule has 0 amide bonds. The van der Waals surface area contributed by atoms with Gasteiger partial charge in [0.15, 0.2) is 11.7 Å². The molecular weight excluding hydrogens is 474 g/mol. The third-order valence-corrected chi connectivity index (χ3v) is 5.55. The molecular formula is C22H23Cl2FN4O4. The topological polar surface area (TPSA) is 107 Å². The Morgan fingerprint density at radius 1 is 1.24 bits per heavy atom. The Balaban J connectivity index is 2.19. The van der Waals surface area contributed by atoms with E-state index in [-0.39, 0.29) is 55.0 Å². The molecule has 1 aromatic heterocycles. The number of ether oxygens (including phenoxy) is 1. The van der Waals surface area contributed by atoms with E-state index in [1.807, 2.05) is 0 Å². The van der Waals surface area contributed by atoms with Crippen molar-refractivity contribution in [2.45, 2.75) is 6.04 Å². The molecule has 0 spiro atoms. The highest BCUT2D eigenvalue weighted by atomic mass is 35.5. The summed E-state index contributed by atoms with van der Waals surface area (Å²) in [6.45, 7) is 0.251. The molecule has 1 aromatic carbocycles. The minimum Gasteiger partial charge on any atom is -0.466 e. The van der Waals surface area contributed by atoms with Crippen LogP contribution >= 0.6 is 23.2 Å². The molecule has 3 N–H and O–H groups in total. The second-order valence-electron chi connectivity index (χ2n) is 7.11. The molecule has 11 heteroatoms. The lowest BCUT2D eigenvalue weighted by Crippen LogP contribution is -2.41. The van der Waals surface area contributed by atoms with Gasteiger partial charge in [-0.2, -0.15) is 0 Å². The maximum atomic E-state index is 14.6. The number of amidine groups is 1. The van der Waals surface area contributed by atoms with Gasteiger partial charge >= 0.3 is 5.97 Å². The number of hydrogen-bond acceptors (Lipinski definition) is 8. The lowest BCUT2D eigenvalue weighted by atomic mass is 9.95. The van der Waals surface area contributed by atoms with Crippen molar-refractivity contribution in [1.29, 1.82) is 0 Å². The van der Waals surface area contributed by atoms with Crippen LogP contribution in [-0.4, -0.2) is 71.9 Å². The first-order chi connectivity index (χ1) is 15.9. The zero-order valence-electron chi connectivity index (χ0n) is 17.8. The molecule has 0 saturated heterocycles. The van der Waals surface area contributed by atoms with Crippen molar-refractivity contribution < 1.29 is 24.1 Å². The third kappa shape index (κ3) is 5.87. The standard InChI is InChI=1S/C22H23Cl2FN4O4/c1-33-22(32)18-17(12-29(7-9-30)8-10-31)27-21(20-16(25)3-2-6-26-20)28-19(18)14-5-4-13(23)11-15(14)24/h2-6,11,19,30-31H,7-10,12H2,1H3,(H,27,28). The Bertz CT molecular complexity index is 1070. The molecule has 33 heavy (non-hydrogen) atoms. The fourth-order valence-corrected chi connectivity index (χ4v) is 3.99. The van der Waals surface area contributed by atoms with Crippen molar-refractivity contribution in [3.05, 3.63) is 74.9 Å². The summed E-state index contributed by atoms with van der Waals surface area (Å²) in [6, 6.07) is 6.53. The first-order valence-electron chi connectivity index (χ1n) is 10.1. The van der Waals surface area contributed by atoms with Gasteiger partial charge in [0.2, 0.25) is 0 Å². The predicted octanol–water partition coefficient (Wildman–Crippen LogP) is 2.33. The summed E-state index contributed by atoms with van der Waals surface area (Å²) >= 11 is 12.5. The summed E-state index contributed by atoms with van der Waals surface area (Å²) in [5.41, 5.74) is 0.938. The summed E-state index contributed by atoms with van der Waals surface area (Å²) < 4.78 is 19.6. The van der Waals surface area contributed by atoms with Crippen LogP contribution in [0.15, 0.2) is 52.8 Å². The Morgan fingerprint density at radius 2 is 1.97 bits per heavy atom. The minimum absolute atomic E-state index is 0.0372. The number of aliphatic imine (C=N–C) groups is 1. The second kappa shape index (κ2) is 11.5. The number of nitrogens with zero attached hydrogens (tertiary/aromatic N) is 3. The maximum Gasteiger partial charge on any atom is 0.338 e. The summed E-state index contributed by atoms with van der Waals surface area (Å²) in [7, 11) is 1.24. The van der Waals surface area contributed by atoms with Gasteiger partial charge in [-0.3, -0.25) is 9.89 Å². The summed E-state index contributed by atoms with van der Waals surface area (Å²) in [4.78, 5) is 23.3. The number of carbonyl (C=O) groups is 1. The number of aliphatic hydroxyl groups is 2. The summed E-state index contributed by atoms with van der Waals surface area (Å²) in [5.74, 6) is -1.17. The fraction of sp³-hybridized carbons (Fsp3) is 0.318. The molecule has 176 valence electrons. The van der Waals surface area contributed by atoms with Gasteiger partial charge in [-0.25, -0.2) is 14.2 Å². The van der Waals surface area contributed by atoms with E-state index >= 15 is 0 Å². The number of pyridine rings is 1. The van der Waals surface area contributed by atoms with Gasteiger partial charge in [0.25, 0.3) is 0 Å². The molecule has 1 unspecified atom stereocenters. The molecule has 3 rings (SSSR count). The molecule has 1 aliphatic rings. The highest BCUT2D eigenvalue weighted by molar-refractivity contribution is 6.35. The highest BCUT2D eigenvalue weighted by Gasteiger charge is 2.34. The number of carbonyl (C=O) groups excluding carboxylic acids is 1. The molecule has 1 atom stereocenters. The third-order valence-electron chi connectivity index (χ3n) is 4.99. The van der Waals surface area contributed by atoms with Crippen LogP contribution in [-0.2, 0) is 9.53 Å². The average molecular weight is 497 g/mol. The van der Waals surface area contributed by atoms with Crippen molar-refractivity contribution in [2.24, 2.45) is 4.99 Å². The Morgan fingerprint density at radius 3 is 2.58 bits per heavy atom. The molecule has 0 bridgehead atoms. The number of rotatable bonds is 9. The zero-order valence-corrected chi connectivity index (χ0v) is 19.3. The summed E-state index contributed by atoms with van der Waals surface area (Å²) in [6.07, 6.45) is 1.43. The SMILES string of the molecule is COC(=O)C1=C(CN(CCO)CCO)NC(c2ncccc2F)=NC1c1ccc(Cl)cc1Cl. The van der Waals surface area contributed by atoms with Gasteiger partial charge in [0, 0.05) is 47.1 Å². The van der Waals surface area contributed by atoms with E-state index in [4.69, 9.17) is 27.9 Å². The molecule has 8 nitrogen and oxygen atoms in total. The molecule has 0 radical (unpaired) electrons. The number of methoxy groups -OCH3 is 1. The van der Waals surface area contributed by atoms with E-state index in [9.17, 15) is 19.4 Å². The number of hydrogen-bond donors (Lipinski definition) is 3. The predicted molar refractivity (Wildman–Crippen MR) is 123 cm³/mol. The second-order valence-corrected chi connectivity index (χ2v) is 7.96. The maximum absolute atomic E-state index is 14.6. The van der Waals surface area contributed by atoms with Gasteiger partial charge in [0.1, 0.15) is 11.7 Å². The highest BCUT2D eigenvalue weighted by Crippen LogP contribution is 2.37. The normalized spacial score (nSPS) is 16.0. The van der Waals surface area contributed by atoms with Crippen molar-refractivity contribution in [1.82, 2.24) is 15.2 Å². The van der Waals surface area contributed by atoms with Crippen LogP contribution in [0.3, 0.4) is 0 Å². The molecule has 0 aliphatic carbocycles. The number of esters is 1. The van der Waals surface area contributed by atoms with Crippen LogP contribution in [0.2, 0.25) is 10.0 Å². The Labute approximate surface area is 200 Å². The lowest BCUT2D eigenvalue weighted by molar-refractivity contribution is -0.136. The van der Waals surface area contributed by atoms with Gasteiger partial charge in [-0.15, -0.1) is 0 Å². The number of benzene rings is 1. The van der Waals surface area contributed by atoms with Gasteiger partial charge in [0.05, 0.1) is 25.9 Å². The monoisotopic (exact) mass is 496 g/mol. The van der Waals surface area contributed by atoms with Crippen LogP contribution in [0.5, 0.6) is 0 Å². The van der Waals surface area contributed by atoms with Gasteiger partial charge in [-0.05, 0) is 24.3 Å². The van der Waals surface area contributed by atoms with E-state index in [0.717, 1.165) is 0 Å². The number of aliphatic hydroxyl groups excluding tert-OH is 2. The first-order valence-corrected chi connectivity index (χ1v) is 10.8. The van der Waals surface area contributed by atoms with Crippen LogP contribution in [0.4, 0.5) is 4.39 Å². The largest absolute Gasteiger partial charge is 0.466 e. The van der Waals surface area contributed by atoms with E-state index in [1.54, 1.807) is 17.0 Å². The number of nitrogens with one attached hydrogen (secondary N) is 1. The van der Waals surface area contributed by atoms with E-state index in [1.165, 1.54) is 31.5 Å². The van der Waals surface area contributed by atoms with E-state index in [2.05, 4.69) is 15.3 Å². The van der Waals surface area contributed by atoms with Crippen molar-refractivity contribution in [3.63, 3.8) is 0 Å². The smallest absolute Gasteiger partial charge is 0.338 e. The first kappa shape index (κ1) is 25.1. The average Bonchev–Trinajstić information content (AvgIpc) is 2.79. The quantitative estimate of drug-likeness (QED) is 0.457. The molecule has 0 saturated carbocycles. The van der Waals surface area contributed by atoms with Crippen molar-refractivity contribution >= 4 is 35.0 Å². The van der Waals surface area contributed by atoms with Crippen molar-refractivity contribution in [3.8, 4) is 0 Å². The molecule has 2 heterocycles. The lowest BCUT2D eigenvalue weighted by Gasteiger charge is -2.30. The van der Waals surface area contributed by atoms with Crippen molar-refractivity contribution in [2.75, 3.05) is 40.0 Å². The van der Waals surface area contributed by atoms with Gasteiger partial charge in [-0.1, -0.05) is 29.3 Å². The fourth-order valence-electron chi connectivity index (χ4n) is 3.48. The van der Waals surface area contributed by atoms with E-state index < -0.39 is 17.8 Å². The molecule has 1 aliphatic heterocycles. The van der Waals surface area contributed by atoms with Crippen LogP contribution in [0.25, 0.3) is 0 Å². The van der Waals surface area contributed by atoms with Crippen LogP contribution < -0.4 is 5.32 Å². The zero-order chi connectivity index (χ0) is 24.0.